The van der Waals surface area contributed by atoms with E-state index < -0.39 is 18.0 Å². The van der Waals surface area contributed by atoms with Crippen LogP contribution in [0.1, 0.15) is 25.7 Å². The summed E-state index contributed by atoms with van der Waals surface area (Å²) < 4.78 is 38.0. The highest BCUT2D eigenvalue weighted by atomic mass is 19.4. The van der Waals surface area contributed by atoms with E-state index in [4.69, 9.17) is 0 Å². The second kappa shape index (κ2) is 4.84. The Bertz CT molecular complexity index is 287. The van der Waals surface area contributed by atoms with Crippen LogP contribution < -0.4 is 5.32 Å². The van der Waals surface area contributed by atoms with E-state index in [0.717, 1.165) is 19.4 Å². The van der Waals surface area contributed by atoms with Crippen LogP contribution in [0, 0.1) is 5.92 Å². The van der Waals surface area contributed by atoms with E-state index in [2.05, 4.69) is 5.32 Å². The minimum Gasteiger partial charge on any atom is -0.338 e. The molecule has 0 spiro atoms. The largest absolute Gasteiger partial charge is 0.400 e. The first-order chi connectivity index (χ1) is 8.00. The fourth-order valence-corrected chi connectivity index (χ4v) is 2.67. The average molecular weight is 250 g/mol. The summed E-state index contributed by atoms with van der Waals surface area (Å²) in [6.45, 7) is 1.98. The van der Waals surface area contributed by atoms with E-state index in [1.807, 2.05) is 0 Å². The Labute approximate surface area is 98.3 Å². The van der Waals surface area contributed by atoms with Crippen LogP contribution in [0.4, 0.5) is 13.2 Å². The fraction of sp³-hybridized carbons (Fsp3) is 0.909. The van der Waals surface area contributed by atoms with Crippen molar-refractivity contribution in [3.05, 3.63) is 0 Å². The molecule has 0 aromatic carbocycles. The standard InChI is InChI=1S/C11H17F3N2O/c12-11(13,14)9-4-2-6-16(10(9)17)8-3-1-5-15-7-8/h8-9,15H,1-7H2. The number of rotatable bonds is 1. The highest BCUT2D eigenvalue weighted by Gasteiger charge is 2.48. The van der Waals surface area contributed by atoms with E-state index >= 15 is 0 Å². The van der Waals surface area contributed by atoms with Gasteiger partial charge in [-0.1, -0.05) is 0 Å². The minimum absolute atomic E-state index is 0.0543. The molecule has 1 N–H and O–H groups in total. The molecule has 0 aromatic rings. The molecule has 0 aliphatic carbocycles. The minimum atomic E-state index is -4.39. The Morgan fingerprint density at radius 1 is 1.24 bits per heavy atom. The van der Waals surface area contributed by atoms with Crippen molar-refractivity contribution in [3.8, 4) is 0 Å². The quantitative estimate of drug-likeness (QED) is 0.765. The van der Waals surface area contributed by atoms with Crippen molar-refractivity contribution in [3.63, 3.8) is 0 Å². The normalized spacial score (nSPS) is 31.7. The highest BCUT2D eigenvalue weighted by molar-refractivity contribution is 5.80. The van der Waals surface area contributed by atoms with Crippen LogP contribution in [-0.2, 0) is 4.79 Å². The van der Waals surface area contributed by atoms with Gasteiger partial charge in [-0.15, -0.1) is 0 Å². The van der Waals surface area contributed by atoms with Gasteiger partial charge >= 0.3 is 6.18 Å². The number of nitrogens with one attached hydrogen (secondary N) is 1. The van der Waals surface area contributed by atoms with Crippen LogP contribution >= 0.6 is 0 Å². The lowest BCUT2D eigenvalue weighted by molar-refractivity contribution is -0.196. The van der Waals surface area contributed by atoms with Crippen LogP contribution in [0.2, 0.25) is 0 Å². The summed E-state index contributed by atoms with van der Waals surface area (Å²) in [6.07, 6.45) is -2.27. The van der Waals surface area contributed by atoms with Crippen LogP contribution in [0.5, 0.6) is 0 Å². The van der Waals surface area contributed by atoms with Gasteiger partial charge in [0.25, 0.3) is 0 Å². The third-order valence-corrected chi connectivity index (χ3v) is 3.58. The Balaban J connectivity index is 2.05. The molecule has 2 fully saturated rings. The summed E-state index contributed by atoms with van der Waals surface area (Å²) in [4.78, 5) is 13.3. The number of nitrogens with zero attached hydrogens (tertiary/aromatic N) is 1. The van der Waals surface area contributed by atoms with E-state index in [-0.39, 0.29) is 12.5 Å². The van der Waals surface area contributed by atoms with E-state index in [1.165, 1.54) is 4.90 Å². The number of piperidine rings is 2. The van der Waals surface area contributed by atoms with Gasteiger partial charge in [-0.05, 0) is 32.2 Å². The lowest BCUT2D eigenvalue weighted by Gasteiger charge is -2.40. The molecule has 2 aliphatic heterocycles. The van der Waals surface area contributed by atoms with Gasteiger partial charge < -0.3 is 10.2 Å². The van der Waals surface area contributed by atoms with E-state index in [1.54, 1.807) is 0 Å². The van der Waals surface area contributed by atoms with Crippen molar-refractivity contribution in [1.82, 2.24) is 10.2 Å². The zero-order chi connectivity index (χ0) is 12.5. The predicted octanol–water partition coefficient (Wildman–Crippen LogP) is 1.54. The molecule has 2 rings (SSSR count). The van der Waals surface area contributed by atoms with Gasteiger partial charge in [-0.2, -0.15) is 13.2 Å². The molecule has 2 saturated heterocycles. The Hall–Kier alpha value is -0.780. The molecular formula is C11H17F3N2O. The summed E-state index contributed by atoms with van der Waals surface area (Å²) in [5, 5.41) is 3.13. The summed E-state index contributed by atoms with van der Waals surface area (Å²) in [5.41, 5.74) is 0. The van der Waals surface area contributed by atoms with E-state index in [0.29, 0.717) is 19.5 Å². The van der Waals surface area contributed by atoms with Gasteiger partial charge in [0.1, 0.15) is 5.92 Å². The molecule has 1 amide bonds. The number of likely N-dealkylation sites (tertiary alicyclic amines) is 1. The number of carbonyl (C=O) groups is 1. The second-order valence-electron chi connectivity index (χ2n) is 4.77. The van der Waals surface area contributed by atoms with Gasteiger partial charge in [0.05, 0.1) is 0 Å². The number of halogens is 3. The maximum atomic E-state index is 12.7. The van der Waals surface area contributed by atoms with Crippen molar-refractivity contribution in [2.45, 2.75) is 37.9 Å². The fourth-order valence-electron chi connectivity index (χ4n) is 2.67. The monoisotopic (exact) mass is 250 g/mol. The first kappa shape index (κ1) is 12.7. The lowest BCUT2D eigenvalue weighted by atomic mass is 9.93. The van der Waals surface area contributed by atoms with Crippen molar-refractivity contribution in [2.24, 2.45) is 5.92 Å². The third kappa shape index (κ3) is 2.73. The molecule has 0 bridgehead atoms. The van der Waals surface area contributed by atoms with Crippen LogP contribution in [0.25, 0.3) is 0 Å². The molecule has 0 aromatic heterocycles. The summed E-state index contributed by atoms with van der Waals surface area (Å²) >= 11 is 0. The zero-order valence-corrected chi connectivity index (χ0v) is 9.59. The molecule has 2 atom stereocenters. The molecule has 3 nitrogen and oxygen atoms in total. The van der Waals surface area contributed by atoms with Gasteiger partial charge in [-0.3, -0.25) is 4.79 Å². The zero-order valence-electron chi connectivity index (χ0n) is 9.59. The topological polar surface area (TPSA) is 32.3 Å². The number of carbonyl (C=O) groups excluding carboxylic acids is 1. The van der Waals surface area contributed by atoms with Crippen molar-refractivity contribution in [1.29, 1.82) is 0 Å². The first-order valence-electron chi connectivity index (χ1n) is 6.08. The van der Waals surface area contributed by atoms with Crippen molar-refractivity contribution in [2.75, 3.05) is 19.6 Å². The average Bonchev–Trinajstić information content (AvgIpc) is 2.29. The second-order valence-corrected chi connectivity index (χ2v) is 4.77. The molecule has 17 heavy (non-hydrogen) atoms. The molecule has 6 heteroatoms. The van der Waals surface area contributed by atoms with E-state index in [9.17, 15) is 18.0 Å². The molecular weight excluding hydrogens is 233 g/mol. The van der Waals surface area contributed by atoms with Crippen LogP contribution in [0.3, 0.4) is 0 Å². The van der Waals surface area contributed by atoms with Crippen molar-refractivity contribution < 1.29 is 18.0 Å². The highest BCUT2D eigenvalue weighted by Crippen LogP contribution is 2.35. The van der Waals surface area contributed by atoms with Gasteiger partial charge in [0.2, 0.25) is 5.91 Å². The first-order valence-corrected chi connectivity index (χ1v) is 6.08. The smallest absolute Gasteiger partial charge is 0.338 e. The Kier molecular flexibility index (Phi) is 3.61. The molecule has 2 heterocycles. The summed E-state index contributed by atoms with van der Waals surface area (Å²) in [5.74, 6) is -2.50. The summed E-state index contributed by atoms with van der Waals surface area (Å²) in [7, 11) is 0. The SMILES string of the molecule is O=C1C(C(F)(F)F)CCCN1C1CCCNC1. The molecule has 2 aliphatic rings. The maximum Gasteiger partial charge on any atom is 0.400 e. The van der Waals surface area contributed by atoms with Crippen LogP contribution in [-0.4, -0.2) is 42.7 Å². The van der Waals surface area contributed by atoms with Crippen molar-refractivity contribution >= 4 is 5.91 Å². The van der Waals surface area contributed by atoms with Crippen LogP contribution in [0.15, 0.2) is 0 Å². The van der Waals surface area contributed by atoms with Gasteiger partial charge in [-0.25, -0.2) is 0 Å². The van der Waals surface area contributed by atoms with Gasteiger partial charge in [0.15, 0.2) is 0 Å². The maximum absolute atomic E-state index is 12.7. The number of hydrogen-bond donors (Lipinski definition) is 1. The molecule has 98 valence electrons. The summed E-state index contributed by atoms with van der Waals surface area (Å²) in [6, 6.07) is -0.0543. The molecule has 2 unspecified atom stereocenters. The Morgan fingerprint density at radius 2 is 2.00 bits per heavy atom. The van der Waals surface area contributed by atoms with Gasteiger partial charge in [0, 0.05) is 19.1 Å². The predicted molar refractivity (Wildman–Crippen MR) is 56.4 cm³/mol. The molecule has 0 saturated carbocycles. The number of amides is 1. The lowest BCUT2D eigenvalue weighted by Crippen LogP contribution is -2.55. The number of alkyl halides is 3. The molecule has 0 radical (unpaired) electrons. The number of hydrogen-bond acceptors (Lipinski definition) is 2. The third-order valence-electron chi connectivity index (χ3n) is 3.58. The Morgan fingerprint density at radius 3 is 2.59 bits per heavy atom.